The first kappa shape index (κ1) is 12.1. The lowest BCUT2D eigenvalue weighted by Gasteiger charge is -2.27. The molecule has 6 nitrogen and oxygen atoms in total. The van der Waals surface area contributed by atoms with Crippen LogP contribution in [0.4, 0.5) is 0 Å². The molecule has 1 aromatic rings. The Morgan fingerprint density at radius 1 is 1.18 bits per heavy atom. The number of hydrogen-bond acceptors (Lipinski definition) is 4. The van der Waals surface area contributed by atoms with Crippen LogP contribution < -0.4 is 16.6 Å². The van der Waals surface area contributed by atoms with Crippen LogP contribution in [0.2, 0.25) is 0 Å². The third kappa shape index (κ3) is 2.48. The predicted octanol–water partition coefficient (Wildman–Crippen LogP) is -1.51. The van der Waals surface area contributed by atoms with E-state index >= 15 is 0 Å². The standard InChI is InChI=1S/C11H18N4O2/c1-13-9(7-10(16)14(2)11(13)17)8-15-5-3-12-4-6-15/h7,12H,3-6,8H2,1-2H3. The molecular formula is C11H18N4O2. The summed E-state index contributed by atoms with van der Waals surface area (Å²) in [7, 11) is 3.21. The first-order valence-electron chi connectivity index (χ1n) is 5.78. The highest BCUT2D eigenvalue weighted by atomic mass is 16.2. The maximum Gasteiger partial charge on any atom is 0.330 e. The van der Waals surface area contributed by atoms with Gasteiger partial charge in [-0.15, -0.1) is 0 Å². The molecule has 1 aliphatic heterocycles. The molecule has 2 heterocycles. The molecule has 17 heavy (non-hydrogen) atoms. The SMILES string of the molecule is Cn1c(CN2CCNCC2)cc(=O)n(C)c1=O. The Hall–Kier alpha value is -1.40. The molecule has 1 aromatic heterocycles. The summed E-state index contributed by atoms with van der Waals surface area (Å²) in [6, 6.07) is 1.55. The molecule has 0 bridgehead atoms. The van der Waals surface area contributed by atoms with Crippen LogP contribution in [-0.4, -0.2) is 40.2 Å². The quantitative estimate of drug-likeness (QED) is 0.680. The summed E-state index contributed by atoms with van der Waals surface area (Å²) in [4.78, 5) is 25.6. The molecule has 6 heteroatoms. The number of nitrogens with zero attached hydrogens (tertiary/aromatic N) is 3. The second kappa shape index (κ2) is 4.85. The van der Waals surface area contributed by atoms with Crippen LogP contribution >= 0.6 is 0 Å². The predicted molar refractivity (Wildman–Crippen MR) is 65.1 cm³/mol. The number of piperazine rings is 1. The molecule has 94 valence electrons. The van der Waals surface area contributed by atoms with Crippen LogP contribution in [0.1, 0.15) is 5.69 Å². The normalized spacial score (nSPS) is 17.3. The van der Waals surface area contributed by atoms with E-state index in [0.717, 1.165) is 36.4 Å². The van der Waals surface area contributed by atoms with Crippen molar-refractivity contribution in [2.24, 2.45) is 14.1 Å². The van der Waals surface area contributed by atoms with E-state index in [1.165, 1.54) is 7.05 Å². The van der Waals surface area contributed by atoms with Gasteiger partial charge in [0.1, 0.15) is 0 Å². The molecule has 1 fully saturated rings. The number of aromatic nitrogens is 2. The monoisotopic (exact) mass is 238 g/mol. The van der Waals surface area contributed by atoms with Gasteiger partial charge in [0.05, 0.1) is 0 Å². The van der Waals surface area contributed by atoms with Gasteiger partial charge in [-0.25, -0.2) is 4.79 Å². The van der Waals surface area contributed by atoms with Gasteiger partial charge in [-0.05, 0) is 0 Å². The lowest BCUT2D eigenvalue weighted by atomic mass is 10.3. The summed E-state index contributed by atoms with van der Waals surface area (Å²) in [5.41, 5.74) is 0.279. The fourth-order valence-electron chi connectivity index (χ4n) is 2.03. The zero-order valence-corrected chi connectivity index (χ0v) is 10.3. The molecule has 0 atom stereocenters. The van der Waals surface area contributed by atoms with Crippen molar-refractivity contribution in [1.29, 1.82) is 0 Å². The minimum absolute atomic E-state index is 0.238. The molecular weight excluding hydrogens is 220 g/mol. The van der Waals surface area contributed by atoms with Gasteiger partial charge in [-0.3, -0.25) is 18.8 Å². The van der Waals surface area contributed by atoms with Crippen LogP contribution in [0.3, 0.4) is 0 Å². The minimum atomic E-state index is -0.261. The van der Waals surface area contributed by atoms with E-state index < -0.39 is 0 Å². The summed E-state index contributed by atoms with van der Waals surface area (Å²) in [5, 5.41) is 3.27. The van der Waals surface area contributed by atoms with Crippen LogP contribution in [0, 0.1) is 0 Å². The molecule has 1 saturated heterocycles. The van der Waals surface area contributed by atoms with Crippen LogP contribution in [0.25, 0.3) is 0 Å². The van der Waals surface area contributed by atoms with Crippen LogP contribution in [-0.2, 0) is 20.6 Å². The van der Waals surface area contributed by atoms with E-state index in [-0.39, 0.29) is 11.2 Å². The van der Waals surface area contributed by atoms with Crippen molar-refractivity contribution in [2.45, 2.75) is 6.54 Å². The lowest BCUT2D eigenvalue weighted by Crippen LogP contribution is -2.45. The molecule has 1 aliphatic rings. The first-order valence-corrected chi connectivity index (χ1v) is 5.78. The van der Waals surface area contributed by atoms with Gasteiger partial charge >= 0.3 is 5.69 Å². The van der Waals surface area contributed by atoms with Crippen LogP contribution in [0.15, 0.2) is 15.7 Å². The Morgan fingerprint density at radius 2 is 1.82 bits per heavy atom. The molecule has 2 rings (SSSR count). The molecule has 0 saturated carbocycles. The number of rotatable bonds is 2. The summed E-state index contributed by atoms with van der Waals surface area (Å²) in [6.45, 7) is 4.47. The van der Waals surface area contributed by atoms with Gasteiger partial charge in [0.25, 0.3) is 5.56 Å². The zero-order valence-electron chi connectivity index (χ0n) is 10.3. The molecule has 0 aromatic carbocycles. The largest absolute Gasteiger partial charge is 0.330 e. The van der Waals surface area contributed by atoms with E-state index in [1.807, 2.05) is 0 Å². The van der Waals surface area contributed by atoms with E-state index in [4.69, 9.17) is 0 Å². The Balaban J connectivity index is 2.27. The van der Waals surface area contributed by atoms with Crippen molar-refractivity contribution in [3.05, 3.63) is 32.6 Å². The molecule has 0 aliphatic carbocycles. The zero-order chi connectivity index (χ0) is 12.4. The van der Waals surface area contributed by atoms with E-state index in [0.29, 0.717) is 6.54 Å². The smallest absolute Gasteiger partial charge is 0.314 e. The Labute approximate surface area is 99.5 Å². The lowest BCUT2D eigenvalue weighted by molar-refractivity contribution is 0.227. The average Bonchev–Trinajstić information content (AvgIpc) is 2.35. The Bertz CT molecular complexity index is 511. The summed E-state index contributed by atoms with van der Waals surface area (Å²) in [6.07, 6.45) is 0. The van der Waals surface area contributed by atoms with Gasteiger partial charge in [-0.1, -0.05) is 0 Å². The number of hydrogen-bond donors (Lipinski definition) is 1. The fraction of sp³-hybridized carbons (Fsp3) is 0.636. The van der Waals surface area contributed by atoms with E-state index in [2.05, 4.69) is 10.2 Å². The second-order valence-corrected chi connectivity index (χ2v) is 4.40. The van der Waals surface area contributed by atoms with Crippen molar-refractivity contribution in [3.63, 3.8) is 0 Å². The van der Waals surface area contributed by atoms with Gasteiger partial charge in [0, 0.05) is 58.6 Å². The average molecular weight is 238 g/mol. The maximum atomic E-state index is 11.7. The minimum Gasteiger partial charge on any atom is -0.314 e. The van der Waals surface area contributed by atoms with Gasteiger partial charge in [-0.2, -0.15) is 0 Å². The van der Waals surface area contributed by atoms with Crippen molar-refractivity contribution in [1.82, 2.24) is 19.4 Å². The fourth-order valence-corrected chi connectivity index (χ4v) is 2.03. The third-order valence-corrected chi connectivity index (χ3v) is 3.22. The van der Waals surface area contributed by atoms with Crippen LogP contribution in [0.5, 0.6) is 0 Å². The molecule has 0 radical (unpaired) electrons. The maximum absolute atomic E-state index is 11.7. The van der Waals surface area contributed by atoms with Gasteiger partial charge in [0.2, 0.25) is 0 Å². The molecule has 1 N–H and O–H groups in total. The Morgan fingerprint density at radius 3 is 2.47 bits per heavy atom. The van der Waals surface area contributed by atoms with E-state index in [1.54, 1.807) is 17.7 Å². The highest BCUT2D eigenvalue weighted by Gasteiger charge is 2.13. The van der Waals surface area contributed by atoms with Crippen molar-refractivity contribution in [3.8, 4) is 0 Å². The van der Waals surface area contributed by atoms with Crippen molar-refractivity contribution >= 4 is 0 Å². The Kier molecular flexibility index (Phi) is 3.44. The van der Waals surface area contributed by atoms with Crippen molar-refractivity contribution in [2.75, 3.05) is 26.2 Å². The molecule has 0 amide bonds. The van der Waals surface area contributed by atoms with Gasteiger partial charge in [0.15, 0.2) is 0 Å². The van der Waals surface area contributed by atoms with Crippen molar-refractivity contribution < 1.29 is 0 Å². The summed E-state index contributed by atoms with van der Waals surface area (Å²) < 4.78 is 2.67. The third-order valence-electron chi connectivity index (χ3n) is 3.22. The summed E-state index contributed by atoms with van der Waals surface area (Å²) >= 11 is 0. The topological polar surface area (TPSA) is 59.3 Å². The molecule has 0 unspecified atom stereocenters. The van der Waals surface area contributed by atoms with Gasteiger partial charge < -0.3 is 5.32 Å². The second-order valence-electron chi connectivity index (χ2n) is 4.40. The molecule has 0 spiro atoms. The summed E-state index contributed by atoms with van der Waals surface area (Å²) in [5.74, 6) is 0. The highest BCUT2D eigenvalue weighted by Crippen LogP contribution is 2.01. The highest BCUT2D eigenvalue weighted by molar-refractivity contribution is 5.02. The van der Waals surface area contributed by atoms with E-state index in [9.17, 15) is 9.59 Å². The number of nitrogens with one attached hydrogen (secondary N) is 1. The first-order chi connectivity index (χ1) is 8.09.